The molecule has 4 heterocycles. The van der Waals surface area contributed by atoms with Crippen LogP contribution in [-0.2, 0) is 16.2 Å². The van der Waals surface area contributed by atoms with Gasteiger partial charge in [-0.15, -0.1) is 0 Å². The maximum absolute atomic E-state index is 13.6. The highest BCUT2D eigenvalue weighted by Gasteiger charge is 2.60. The van der Waals surface area contributed by atoms with Gasteiger partial charge in [0.25, 0.3) is 0 Å². The predicted molar refractivity (Wildman–Crippen MR) is 124 cm³/mol. The third-order valence-electron chi connectivity index (χ3n) is 8.73. The molecule has 1 aromatic heterocycles. The van der Waals surface area contributed by atoms with Crippen LogP contribution in [0.3, 0.4) is 0 Å². The van der Waals surface area contributed by atoms with Crippen LogP contribution in [-0.4, -0.2) is 82.6 Å². The molecule has 0 unspecified atom stereocenters. The van der Waals surface area contributed by atoms with Crippen molar-refractivity contribution in [1.82, 2.24) is 28.9 Å². The van der Waals surface area contributed by atoms with Crippen molar-refractivity contribution in [1.29, 1.82) is 0 Å². The standard InChI is InChI=1S/C24H26F4N6O3S/c25-19-4-3-17(5-18(19)24(26,27)28)38(36,37)33-12-23(13-33)10-32(11-23)21(35)31-8-22(9-31)6-16(7-22)34-14-29-20(30-34)15-1-2-15/h3-5,14-16H,1-2,6-13H2. The lowest BCUT2D eigenvalue weighted by Crippen LogP contribution is -2.76. The summed E-state index contributed by atoms with van der Waals surface area (Å²) < 4.78 is 81.4. The Hall–Kier alpha value is -2.74. The Kier molecular flexibility index (Phi) is 4.91. The van der Waals surface area contributed by atoms with Gasteiger partial charge in [-0.1, -0.05) is 0 Å². The minimum atomic E-state index is -4.99. The van der Waals surface area contributed by atoms with Crippen LogP contribution >= 0.6 is 0 Å². The van der Waals surface area contributed by atoms with Gasteiger partial charge < -0.3 is 9.80 Å². The Morgan fingerprint density at radius 2 is 1.61 bits per heavy atom. The summed E-state index contributed by atoms with van der Waals surface area (Å²) in [5.74, 6) is -0.0555. The van der Waals surface area contributed by atoms with E-state index in [0.29, 0.717) is 50.3 Å². The summed E-state index contributed by atoms with van der Waals surface area (Å²) in [4.78, 5) is 20.3. The van der Waals surface area contributed by atoms with E-state index >= 15 is 0 Å². The van der Waals surface area contributed by atoms with Crippen LogP contribution in [0.15, 0.2) is 29.4 Å². The number of benzene rings is 1. The summed E-state index contributed by atoms with van der Waals surface area (Å²) in [5, 5.41) is 4.62. The second-order valence-corrected chi connectivity index (χ2v) is 13.8. The van der Waals surface area contributed by atoms with Crippen LogP contribution in [0.25, 0.3) is 0 Å². The van der Waals surface area contributed by atoms with Gasteiger partial charge in [0, 0.05) is 56.0 Å². The molecule has 2 aliphatic carbocycles. The zero-order chi connectivity index (χ0) is 26.7. The van der Waals surface area contributed by atoms with E-state index in [0.717, 1.165) is 29.0 Å². The van der Waals surface area contributed by atoms with Gasteiger partial charge in [0.15, 0.2) is 5.82 Å². The number of alkyl halides is 3. The SMILES string of the molecule is O=C(N1CC2(CC(n3cnc(C4CC4)n3)C2)C1)N1CC2(C1)CN(S(=O)(=O)c1ccc(F)c(C(F)(F)F)c1)C2. The van der Waals surface area contributed by atoms with Crippen molar-refractivity contribution < 1.29 is 30.8 Å². The molecule has 5 aliphatic rings. The number of sulfonamides is 1. The van der Waals surface area contributed by atoms with E-state index in [-0.39, 0.29) is 30.0 Å². The van der Waals surface area contributed by atoms with Gasteiger partial charge in [0.05, 0.1) is 16.5 Å². The summed E-state index contributed by atoms with van der Waals surface area (Å²) >= 11 is 0. The van der Waals surface area contributed by atoms with Gasteiger partial charge in [-0.3, -0.25) is 0 Å². The van der Waals surface area contributed by atoms with Crippen LogP contribution in [0.4, 0.5) is 22.4 Å². The van der Waals surface area contributed by atoms with Gasteiger partial charge in [-0.2, -0.15) is 22.6 Å². The predicted octanol–water partition coefficient (Wildman–Crippen LogP) is 3.08. The number of likely N-dealkylation sites (tertiary alicyclic amines) is 2. The molecule has 2 aromatic rings. The van der Waals surface area contributed by atoms with Crippen molar-refractivity contribution in [2.24, 2.45) is 10.8 Å². The fourth-order valence-corrected chi connectivity index (χ4v) is 8.17. The fourth-order valence-electron chi connectivity index (χ4n) is 6.48. The van der Waals surface area contributed by atoms with Crippen LogP contribution in [0.5, 0.6) is 0 Å². The largest absolute Gasteiger partial charge is 0.419 e. The summed E-state index contributed by atoms with van der Waals surface area (Å²) in [7, 11) is -4.19. The average Bonchev–Trinajstić information content (AvgIpc) is 3.47. The topological polar surface area (TPSA) is 91.6 Å². The summed E-state index contributed by atoms with van der Waals surface area (Å²) in [5.41, 5.74) is -1.85. The number of carbonyl (C=O) groups excluding carboxylic acids is 1. The van der Waals surface area contributed by atoms with Crippen molar-refractivity contribution in [3.63, 3.8) is 0 Å². The smallest absolute Gasteiger partial charge is 0.323 e. The Morgan fingerprint density at radius 3 is 2.21 bits per heavy atom. The summed E-state index contributed by atoms with van der Waals surface area (Å²) in [6.45, 7) is 2.44. The molecule has 3 saturated heterocycles. The van der Waals surface area contributed by atoms with Crippen molar-refractivity contribution in [3.05, 3.63) is 41.7 Å². The molecule has 0 N–H and O–H groups in total. The minimum Gasteiger partial charge on any atom is -0.323 e. The summed E-state index contributed by atoms with van der Waals surface area (Å²) in [6.07, 6.45) is 1.10. The number of hydrogen-bond donors (Lipinski definition) is 0. The Labute approximate surface area is 216 Å². The second-order valence-electron chi connectivity index (χ2n) is 11.8. The molecule has 3 aliphatic heterocycles. The molecule has 2 spiro atoms. The zero-order valence-corrected chi connectivity index (χ0v) is 21.2. The Bertz CT molecular complexity index is 1410. The molecule has 7 rings (SSSR count). The second kappa shape index (κ2) is 7.68. The molecule has 204 valence electrons. The van der Waals surface area contributed by atoms with E-state index in [1.54, 1.807) is 4.90 Å². The first-order valence-electron chi connectivity index (χ1n) is 12.7. The number of rotatable bonds is 4. The van der Waals surface area contributed by atoms with Gasteiger partial charge in [-0.05, 0) is 43.9 Å². The molecule has 0 radical (unpaired) electrons. The van der Waals surface area contributed by atoms with Crippen molar-refractivity contribution >= 4 is 16.1 Å². The van der Waals surface area contributed by atoms with Crippen LogP contribution < -0.4 is 0 Å². The molecule has 14 heteroatoms. The number of hydrogen-bond acceptors (Lipinski definition) is 5. The van der Waals surface area contributed by atoms with E-state index in [4.69, 9.17) is 0 Å². The molecule has 1 aromatic carbocycles. The maximum atomic E-state index is 13.6. The van der Waals surface area contributed by atoms with Crippen molar-refractivity contribution in [2.75, 3.05) is 39.3 Å². The van der Waals surface area contributed by atoms with E-state index in [9.17, 15) is 30.8 Å². The molecule has 38 heavy (non-hydrogen) atoms. The molecule has 9 nitrogen and oxygen atoms in total. The van der Waals surface area contributed by atoms with Crippen LogP contribution in [0, 0.1) is 16.6 Å². The van der Waals surface area contributed by atoms with E-state index < -0.39 is 32.5 Å². The number of halogens is 4. The van der Waals surface area contributed by atoms with E-state index in [1.807, 2.05) is 15.9 Å². The quantitative estimate of drug-likeness (QED) is 0.542. The minimum absolute atomic E-state index is 0.0591. The number of nitrogens with zero attached hydrogens (tertiary/aromatic N) is 6. The molecular formula is C24H26F4N6O3S. The lowest BCUT2D eigenvalue weighted by atomic mass is 9.60. The van der Waals surface area contributed by atoms with Gasteiger partial charge in [0.2, 0.25) is 10.0 Å². The fraction of sp³-hybridized carbons (Fsp3) is 0.625. The molecule has 2 amide bonds. The maximum Gasteiger partial charge on any atom is 0.419 e. The van der Waals surface area contributed by atoms with E-state index in [2.05, 4.69) is 10.1 Å². The van der Waals surface area contributed by atoms with Gasteiger partial charge in [-0.25, -0.2) is 27.3 Å². The van der Waals surface area contributed by atoms with E-state index in [1.165, 1.54) is 12.8 Å². The third kappa shape index (κ3) is 3.74. The number of urea groups is 1. The first-order valence-corrected chi connectivity index (χ1v) is 14.1. The Balaban J connectivity index is 0.898. The lowest BCUT2D eigenvalue weighted by Gasteiger charge is -2.63. The third-order valence-corrected chi connectivity index (χ3v) is 10.5. The normalized spacial score (nSPS) is 24.6. The first kappa shape index (κ1) is 24.3. The molecule has 5 fully saturated rings. The first-order chi connectivity index (χ1) is 17.9. The zero-order valence-electron chi connectivity index (χ0n) is 20.4. The van der Waals surface area contributed by atoms with Crippen molar-refractivity contribution in [3.8, 4) is 0 Å². The number of amides is 2. The molecule has 2 saturated carbocycles. The Morgan fingerprint density at radius 1 is 0.974 bits per heavy atom. The molecule has 0 bridgehead atoms. The monoisotopic (exact) mass is 554 g/mol. The number of carbonyl (C=O) groups is 1. The highest BCUT2D eigenvalue weighted by Crippen LogP contribution is 2.55. The van der Waals surface area contributed by atoms with Crippen molar-refractivity contribution in [2.45, 2.75) is 48.7 Å². The van der Waals surface area contributed by atoms with Gasteiger partial charge in [0.1, 0.15) is 12.1 Å². The molecule has 0 atom stereocenters. The summed E-state index contributed by atoms with van der Waals surface area (Å²) in [6, 6.07) is 1.98. The molecular weight excluding hydrogens is 528 g/mol. The van der Waals surface area contributed by atoms with Crippen LogP contribution in [0.1, 0.15) is 49.0 Å². The van der Waals surface area contributed by atoms with Crippen LogP contribution in [0.2, 0.25) is 0 Å². The van der Waals surface area contributed by atoms with Gasteiger partial charge >= 0.3 is 12.2 Å². The average molecular weight is 555 g/mol. The highest BCUT2D eigenvalue weighted by molar-refractivity contribution is 7.89. The highest BCUT2D eigenvalue weighted by atomic mass is 32.2. The lowest BCUT2D eigenvalue weighted by molar-refractivity contribution is -0.140. The number of aromatic nitrogens is 3.